The molecule has 1 heterocycles. The van der Waals surface area contributed by atoms with E-state index >= 15 is 0 Å². The second kappa shape index (κ2) is 8.33. The fraction of sp³-hybridized carbons (Fsp3) is 0.304. The number of nitrogens with zero attached hydrogens (tertiary/aromatic N) is 2. The molecule has 0 N–H and O–H groups in total. The monoisotopic (exact) mass is 410 g/mol. The highest BCUT2D eigenvalue weighted by Crippen LogP contribution is 2.30. The first-order chi connectivity index (χ1) is 14.0. The molecule has 4 rings (SSSR count). The molecule has 29 heavy (non-hydrogen) atoms. The van der Waals surface area contributed by atoms with Crippen LogP contribution < -0.4 is 4.74 Å². The number of ether oxygens (including phenoxy) is 1. The fourth-order valence-electron chi connectivity index (χ4n) is 3.33. The molecule has 1 fully saturated rings. The van der Waals surface area contributed by atoms with E-state index in [0.717, 1.165) is 29.3 Å². The van der Waals surface area contributed by atoms with Gasteiger partial charge in [-0.2, -0.15) is 0 Å². The number of aromatic nitrogens is 1. The Labute approximate surface area is 174 Å². The number of hydrogen-bond acceptors (Lipinski definition) is 4. The van der Waals surface area contributed by atoms with E-state index in [2.05, 4.69) is 11.1 Å². The zero-order chi connectivity index (χ0) is 20.4. The van der Waals surface area contributed by atoms with Gasteiger partial charge in [0.2, 0.25) is 0 Å². The highest BCUT2D eigenvalue weighted by atomic mass is 32.1. The Morgan fingerprint density at radius 2 is 1.86 bits per heavy atom. The molecule has 0 saturated heterocycles. The van der Waals surface area contributed by atoms with Gasteiger partial charge in [0.1, 0.15) is 23.2 Å². The smallest absolute Gasteiger partial charge is 0.254 e. The summed E-state index contributed by atoms with van der Waals surface area (Å²) >= 11 is 1.54. The van der Waals surface area contributed by atoms with Gasteiger partial charge in [-0.1, -0.05) is 6.07 Å². The topological polar surface area (TPSA) is 42.4 Å². The maximum absolute atomic E-state index is 13.2. The third kappa shape index (κ3) is 5.01. The molecule has 150 valence electrons. The lowest BCUT2D eigenvalue weighted by molar-refractivity contribution is 0.0728. The van der Waals surface area contributed by atoms with Crippen molar-refractivity contribution >= 4 is 17.2 Å². The van der Waals surface area contributed by atoms with Gasteiger partial charge in [0, 0.05) is 17.0 Å². The second-order valence-corrected chi connectivity index (χ2v) is 8.46. The van der Waals surface area contributed by atoms with Gasteiger partial charge in [-0.15, -0.1) is 11.3 Å². The van der Waals surface area contributed by atoms with Crippen LogP contribution in [0.4, 0.5) is 4.39 Å². The lowest BCUT2D eigenvalue weighted by Gasteiger charge is -2.21. The first-order valence-electron chi connectivity index (χ1n) is 9.69. The molecule has 6 heteroatoms. The van der Waals surface area contributed by atoms with E-state index in [1.807, 2.05) is 36.3 Å². The van der Waals surface area contributed by atoms with E-state index in [9.17, 15) is 9.18 Å². The van der Waals surface area contributed by atoms with Crippen LogP contribution in [0.3, 0.4) is 0 Å². The minimum Gasteiger partial charge on any atom is -0.486 e. The molecule has 0 radical (unpaired) electrons. The van der Waals surface area contributed by atoms with E-state index in [0.29, 0.717) is 18.7 Å². The van der Waals surface area contributed by atoms with Gasteiger partial charge >= 0.3 is 0 Å². The van der Waals surface area contributed by atoms with Crippen LogP contribution in [0.1, 0.15) is 45.0 Å². The summed E-state index contributed by atoms with van der Waals surface area (Å²) < 4.78 is 19.1. The molecule has 0 bridgehead atoms. The van der Waals surface area contributed by atoms with Gasteiger partial charge in [0.05, 0.1) is 12.2 Å². The van der Waals surface area contributed by atoms with Crippen molar-refractivity contribution in [1.82, 2.24) is 9.88 Å². The molecule has 1 saturated carbocycles. The van der Waals surface area contributed by atoms with Crippen LogP contribution in [0.25, 0.3) is 0 Å². The zero-order valence-electron chi connectivity index (χ0n) is 16.5. The summed E-state index contributed by atoms with van der Waals surface area (Å²) in [5, 5.41) is 2.86. The van der Waals surface area contributed by atoms with Gasteiger partial charge in [0.15, 0.2) is 0 Å². The number of carbonyl (C=O) groups is 1. The van der Waals surface area contributed by atoms with Crippen LogP contribution in [-0.2, 0) is 13.2 Å². The van der Waals surface area contributed by atoms with E-state index in [-0.39, 0.29) is 17.8 Å². The fourth-order valence-corrected chi connectivity index (χ4v) is 4.03. The number of aryl methyl sites for hydroxylation is 2. The second-order valence-electron chi connectivity index (χ2n) is 7.52. The van der Waals surface area contributed by atoms with Crippen molar-refractivity contribution in [2.24, 2.45) is 0 Å². The third-order valence-corrected chi connectivity index (χ3v) is 5.70. The highest BCUT2D eigenvalue weighted by Gasteiger charge is 2.33. The lowest BCUT2D eigenvalue weighted by Crippen LogP contribution is -2.32. The van der Waals surface area contributed by atoms with Gasteiger partial charge in [-0.05, 0) is 74.2 Å². The quantitative estimate of drug-likeness (QED) is 0.532. The largest absolute Gasteiger partial charge is 0.486 e. The highest BCUT2D eigenvalue weighted by molar-refractivity contribution is 7.09. The molecule has 0 spiro atoms. The molecule has 1 aliphatic carbocycles. The summed E-state index contributed by atoms with van der Waals surface area (Å²) in [5.74, 6) is 0.423. The van der Waals surface area contributed by atoms with Gasteiger partial charge in [-0.3, -0.25) is 4.79 Å². The van der Waals surface area contributed by atoms with Crippen LogP contribution in [0.15, 0.2) is 47.8 Å². The van der Waals surface area contributed by atoms with Crippen molar-refractivity contribution in [1.29, 1.82) is 0 Å². The van der Waals surface area contributed by atoms with E-state index in [4.69, 9.17) is 4.74 Å². The van der Waals surface area contributed by atoms with Gasteiger partial charge in [0.25, 0.3) is 5.91 Å². The Morgan fingerprint density at radius 3 is 2.52 bits per heavy atom. The van der Waals surface area contributed by atoms with E-state index in [1.54, 1.807) is 0 Å². The standard InChI is InChI=1S/C23H23FN2O2S/c1-15-9-16(2)11-21(10-15)28-13-22-25-19(14-29-22)12-26(20-7-8-20)23(27)17-3-5-18(24)6-4-17/h3-6,9-11,14,20H,7-8,12-13H2,1-2H3. The molecule has 0 unspecified atom stereocenters. The molecule has 0 atom stereocenters. The minimum absolute atomic E-state index is 0.0754. The van der Waals surface area contributed by atoms with Crippen molar-refractivity contribution in [3.63, 3.8) is 0 Å². The molecular formula is C23H23FN2O2S. The number of amides is 1. The Kier molecular flexibility index (Phi) is 5.62. The number of thiazole rings is 1. The van der Waals surface area contributed by atoms with Crippen molar-refractivity contribution in [2.75, 3.05) is 0 Å². The molecule has 1 aromatic heterocycles. The predicted molar refractivity (Wildman–Crippen MR) is 112 cm³/mol. The number of halogens is 1. The van der Waals surface area contributed by atoms with Gasteiger partial charge in [-0.25, -0.2) is 9.37 Å². The number of benzene rings is 2. The Bertz CT molecular complexity index is 992. The Morgan fingerprint density at radius 1 is 1.17 bits per heavy atom. The summed E-state index contributed by atoms with van der Waals surface area (Å²) in [6, 6.07) is 12.1. The summed E-state index contributed by atoms with van der Waals surface area (Å²) in [6.07, 6.45) is 2.00. The summed E-state index contributed by atoms with van der Waals surface area (Å²) in [7, 11) is 0. The summed E-state index contributed by atoms with van der Waals surface area (Å²) in [5.41, 5.74) is 3.70. The average Bonchev–Trinajstić information content (AvgIpc) is 3.43. The van der Waals surface area contributed by atoms with Crippen molar-refractivity contribution in [3.05, 3.63) is 81.1 Å². The zero-order valence-corrected chi connectivity index (χ0v) is 17.3. The number of carbonyl (C=O) groups excluding carboxylic acids is 1. The Hall–Kier alpha value is -2.73. The van der Waals surface area contributed by atoms with E-state index in [1.165, 1.54) is 46.7 Å². The molecular weight excluding hydrogens is 387 g/mol. The molecule has 1 aliphatic rings. The first-order valence-corrected chi connectivity index (χ1v) is 10.6. The summed E-state index contributed by atoms with van der Waals surface area (Å²) in [6.45, 7) is 4.96. The maximum atomic E-state index is 13.2. The SMILES string of the molecule is Cc1cc(C)cc(OCc2nc(CN(C(=O)c3ccc(F)cc3)C3CC3)cs2)c1. The molecule has 3 aromatic rings. The van der Waals surface area contributed by atoms with Crippen LogP contribution in [-0.4, -0.2) is 21.8 Å². The first kappa shape index (κ1) is 19.6. The molecule has 2 aromatic carbocycles. The van der Waals surface area contributed by atoms with Crippen LogP contribution in [0.2, 0.25) is 0 Å². The molecule has 4 nitrogen and oxygen atoms in total. The predicted octanol–water partition coefficient (Wildman–Crippen LogP) is 5.28. The lowest BCUT2D eigenvalue weighted by atomic mass is 10.1. The van der Waals surface area contributed by atoms with Crippen molar-refractivity contribution in [2.45, 2.75) is 45.9 Å². The number of rotatable bonds is 7. The maximum Gasteiger partial charge on any atom is 0.254 e. The minimum atomic E-state index is -0.340. The van der Waals surface area contributed by atoms with Crippen LogP contribution in [0, 0.1) is 19.7 Å². The van der Waals surface area contributed by atoms with Gasteiger partial charge < -0.3 is 9.64 Å². The third-order valence-electron chi connectivity index (χ3n) is 4.83. The number of hydrogen-bond donors (Lipinski definition) is 0. The average molecular weight is 411 g/mol. The molecule has 1 amide bonds. The van der Waals surface area contributed by atoms with Crippen molar-refractivity contribution < 1.29 is 13.9 Å². The normalized spacial score (nSPS) is 13.3. The van der Waals surface area contributed by atoms with Crippen LogP contribution in [0.5, 0.6) is 5.75 Å². The van der Waals surface area contributed by atoms with Crippen LogP contribution >= 0.6 is 11.3 Å². The Balaban J connectivity index is 1.41. The summed E-state index contributed by atoms with van der Waals surface area (Å²) in [4.78, 5) is 19.4. The molecule has 0 aliphatic heterocycles. The van der Waals surface area contributed by atoms with E-state index < -0.39 is 0 Å². The van der Waals surface area contributed by atoms with Crippen molar-refractivity contribution in [3.8, 4) is 5.75 Å².